The molecule has 0 saturated heterocycles. The summed E-state index contributed by atoms with van der Waals surface area (Å²) < 4.78 is 0. The first-order chi connectivity index (χ1) is 9.04. The average molecular weight is 257 g/mol. The molecule has 0 aliphatic heterocycles. The van der Waals surface area contributed by atoms with E-state index in [2.05, 4.69) is 15.3 Å². The smallest absolute Gasteiger partial charge is 0.251 e. The summed E-state index contributed by atoms with van der Waals surface area (Å²) in [6.07, 6.45) is 3.28. The Morgan fingerprint density at radius 3 is 2.42 bits per heavy atom. The second kappa shape index (κ2) is 5.34. The van der Waals surface area contributed by atoms with E-state index in [4.69, 9.17) is 11.5 Å². The van der Waals surface area contributed by atoms with Crippen LogP contribution in [0.5, 0.6) is 0 Å². The lowest BCUT2D eigenvalue weighted by Crippen LogP contribution is -2.23. The van der Waals surface area contributed by atoms with Gasteiger partial charge in [-0.05, 0) is 25.1 Å². The molecule has 2 rings (SSSR count). The van der Waals surface area contributed by atoms with Crippen molar-refractivity contribution in [1.29, 1.82) is 0 Å². The molecular formula is C13H15N5O. The Kier molecular flexibility index (Phi) is 3.61. The first-order valence-corrected chi connectivity index (χ1v) is 5.76. The van der Waals surface area contributed by atoms with Crippen LogP contribution in [0, 0.1) is 6.92 Å². The largest absolute Gasteiger partial charge is 0.399 e. The zero-order valence-electron chi connectivity index (χ0n) is 10.6. The van der Waals surface area contributed by atoms with Crippen molar-refractivity contribution in [3.05, 3.63) is 47.5 Å². The molecule has 0 saturated carbocycles. The van der Waals surface area contributed by atoms with Crippen molar-refractivity contribution in [2.45, 2.75) is 13.5 Å². The number of nitrogens with zero attached hydrogens (tertiary/aromatic N) is 2. The Morgan fingerprint density at radius 2 is 1.84 bits per heavy atom. The van der Waals surface area contributed by atoms with Crippen molar-refractivity contribution in [3.63, 3.8) is 0 Å². The van der Waals surface area contributed by atoms with Crippen LogP contribution in [-0.4, -0.2) is 15.9 Å². The third-order valence-corrected chi connectivity index (χ3v) is 2.50. The van der Waals surface area contributed by atoms with Crippen LogP contribution in [-0.2, 0) is 6.54 Å². The maximum absolute atomic E-state index is 11.9. The maximum atomic E-state index is 11.9. The number of carbonyl (C=O) groups is 1. The number of nitrogens with one attached hydrogen (secondary N) is 1. The standard InChI is InChI=1S/C13H15N5O/c1-8-5-17-12(6-16-8)7-18-13(19)9-2-10(14)4-11(15)3-9/h2-6H,7,14-15H2,1H3,(H,18,19). The van der Waals surface area contributed by atoms with Crippen LogP contribution in [0.15, 0.2) is 30.6 Å². The second-order valence-electron chi connectivity index (χ2n) is 4.22. The Hall–Kier alpha value is -2.63. The van der Waals surface area contributed by atoms with E-state index in [9.17, 15) is 4.79 Å². The van der Waals surface area contributed by atoms with Gasteiger partial charge in [-0.1, -0.05) is 0 Å². The number of hydrogen-bond acceptors (Lipinski definition) is 5. The highest BCUT2D eigenvalue weighted by atomic mass is 16.1. The highest BCUT2D eigenvalue weighted by Gasteiger charge is 2.07. The lowest BCUT2D eigenvalue weighted by Gasteiger charge is -2.06. The lowest BCUT2D eigenvalue weighted by molar-refractivity contribution is 0.0950. The van der Waals surface area contributed by atoms with Crippen LogP contribution in [0.2, 0.25) is 0 Å². The number of anilines is 2. The molecule has 0 aliphatic rings. The molecule has 6 nitrogen and oxygen atoms in total. The van der Waals surface area contributed by atoms with Gasteiger partial charge in [-0.2, -0.15) is 0 Å². The number of nitrogen functional groups attached to an aromatic ring is 2. The monoisotopic (exact) mass is 257 g/mol. The Morgan fingerprint density at radius 1 is 1.16 bits per heavy atom. The highest BCUT2D eigenvalue weighted by molar-refractivity contribution is 5.96. The predicted octanol–water partition coefficient (Wildman–Crippen LogP) is 0.879. The molecule has 2 aromatic rings. The molecule has 0 fully saturated rings. The molecule has 98 valence electrons. The number of nitrogens with two attached hydrogens (primary N) is 2. The zero-order chi connectivity index (χ0) is 13.8. The maximum Gasteiger partial charge on any atom is 0.251 e. The molecule has 0 bridgehead atoms. The van der Waals surface area contributed by atoms with E-state index in [0.29, 0.717) is 29.2 Å². The van der Waals surface area contributed by atoms with E-state index in [1.165, 1.54) is 0 Å². The summed E-state index contributed by atoms with van der Waals surface area (Å²) >= 11 is 0. The van der Waals surface area contributed by atoms with Crippen molar-refractivity contribution in [2.24, 2.45) is 0 Å². The van der Waals surface area contributed by atoms with Crippen LogP contribution in [0.25, 0.3) is 0 Å². The van der Waals surface area contributed by atoms with E-state index >= 15 is 0 Å². The zero-order valence-corrected chi connectivity index (χ0v) is 10.6. The summed E-state index contributed by atoms with van der Waals surface area (Å²) in [6, 6.07) is 4.75. The van der Waals surface area contributed by atoms with Gasteiger partial charge in [-0.3, -0.25) is 14.8 Å². The number of benzene rings is 1. The number of carbonyl (C=O) groups excluding carboxylic acids is 1. The van der Waals surface area contributed by atoms with Gasteiger partial charge in [0, 0.05) is 23.1 Å². The number of aromatic nitrogens is 2. The van der Waals surface area contributed by atoms with E-state index in [0.717, 1.165) is 5.69 Å². The van der Waals surface area contributed by atoms with Gasteiger partial charge in [-0.15, -0.1) is 0 Å². The topological polar surface area (TPSA) is 107 Å². The highest BCUT2D eigenvalue weighted by Crippen LogP contribution is 2.13. The number of aryl methyl sites for hydroxylation is 1. The molecule has 0 spiro atoms. The lowest BCUT2D eigenvalue weighted by atomic mass is 10.1. The van der Waals surface area contributed by atoms with Crippen LogP contribution in [0.4, 0.5) is 11.4 Å². The minimum atomic E-state index is -0.249. The molecule has 1 heterocycles. The molecule has 6 heteroatoms. The fourth-order valence-electron chi connectivity index (χ4n) is 1.59. The van der Waals surface area contributed by atoms with Gasteiger partial charge in [0.15, 0.2) is 0 Å². The molecular weight excluding hydrogens is 242 g/mol. The molecule has 0 radical (unpaired) electrons. The first kappa shape index (κ1) is 12.8. The predicted molar refractivity (Wildman–Crippen MR) is 73.2 cm³/mol. The average Bonchev–Trinajstić information content (AvgIpc) is 2.36. The van der Waals surface area contributed by atoms with Crippen molar-refractivity contribution >= 4 is 17.3 Å². The minimum Gasteiger partial charge on any atom is -0.399 e. The van der Waals surface area contributed by atoms with Gasteiger partial charge in [0.25, 0.3) is 5.91 Å². The molecule has 0 aliphatic carbocycles. The first-order valence-electron chi connectivity index (χ1n) is 5.76. The minimum absolute atomic E-state index is 0.249. The second-order valence-corrected chi connectivity index (χ2v) is 4.22. The van der Waals surface area contributed by atoms with E-state index in [1.807, 2.05) is 6.92 Å². The van der Waals surface area contributed by atoms with Crippen molar-refractivity contribution in [1.82, 2.24) is 15.3 Å². The third kappa shape index (κ3) is 3.41. The van der Waals surface area contributed by atoms with E-state index < -0.39 is 0 Å². The van der Waals surface area contributed by atoms with Gasteiger partial charge in [-0.25, -0.2) is 0 Å². The molecule has 1 aromatic carbocycles. The molecule has 19 heavy (non-hydrogen) atoms. The fraction of sp³-hybridized carbons (Fsp3) is 0.154. The van der Waals surface area contributed by atoms with Crippen molar-refractivity contribution in [3.8, 4) is 0 Å². The number of rotatable bonds is 3. The van der Waals surface area contributed by atoms with Gasteiger partial charge in [0.05, 0.1) is 24.1 Å². The van der Waals surface area contributed by atoms with Gasteiger partial charge in [0.2, 0.25) is 0 Å². The van der Waals surface area contributed by atoms with Crippen molar-refractivity contribution in [2.75, 3.05) is 11.5 Å². The Labute approximate surface area is 110 Å². The third-order valence-electron chi connectivity index (χ3n) is 2.50. The molecule has 0 atom stereocenters. The van der Waals surface area contributed by atoms with Gasteiger partial charge < -0.3 is 16.8 Å². The van der Waals surface area contributed by atoms with Crippen LogP contribution >= 0.6 is 0 Å². The van der Waals surface area contributed by atoms with Gasteiger partial charge in [0.1, 0.15) is 0 Å². The fourth-order valence-corrected chi connectivity index (χ4v) is 1.59. The van der Waals surface area contributed by atoms with E-state index in [-0.39, 0.29) is 5.91 Å². The van der Waals surface area contributed by atoms with Crippen molar-refractivity contribution < 1.29 is 4.79 Å². The summed E-state index contributed by atoms with van der Waals surface area (Å²) in [6.45, 7) is 2.16. The normalized spacial score (nSPS) is 10.2. The molecule has 1 aromatic heterocycles. The SMILES string of the molecule is Cc1cnc(CNC(=O)c2cc(N)cc(N)c2)cn1. The molecule has 0 unspecified atom stereocenters. The number of amides is 1. The summed E-state index contributed by atoms with van der Waals surface area (Å²) in [5.41, 5.74) is 14.1. The quantitative estimate of drug-likeness (QED) is 0.707. The van der Waals surface area contributed by atoms with Crippen LogP contribution < -0.4 is 16.8 Å². The Bertz CT molecular complexity index is 574. The molecule has 1 amide bonds. The summed E-state index contributed by atoms with van der Waals surface area (Å²) in [5, 5.41) is 2.74. The summed E-state index contributed by atoms with van der Waals surface area (Å²) in [5.74, 6) is -0.249. The van der Waals surface area contributed by atoms with Gasteiger partial charge >= 0.3 is 0 Å². The number of hydrogen-bond donors (Lipinski definition) is 3. The van der Waals surface area contributed by atoms with Crippen LogP contribution in [0.3, 0.4) is 0 Å². The Balaban J connectivity index is 2.03. The summed E-state index contributed by atoms with van der Waals surface area (Å²) in [4.78, 5) is 20.2. The van der Waals surface area contributed by atoms with E-state index in [1.54, 1.807) is 30.6 Å². The molecule has 5 N–H and O–H groups in total. The summed E-state index contributed by atoms with van der Waals surface area (Å²) in [7, 11) is 0. The van der Waals surface area contributed by atoms with Crippen LogP contribution in [0.1, 0.15) is 21.7 Å².